The van der Waals surface area contributed by atoms with Gasteiger partial charge in [0.15, 0.2) is 0 Å². The molecular formula is C16H32N2O. The molecule has 1 aliphatic carbocycles. The van der Waals surface area contributed by atoms with Crippen molar-refractivity contribution in [2.75, 3.05) is 26.2 Å². The first kappa shape index (κ1) is 15.3. The van der Waals surface area contributed by atoms with Gasteiger partial charge < -0.3 is 10.5 Å². The van der Waals surface area contributed by atoms with Crippen LogP contribution < -0.4 is 5.73 Å². The first-order valence-corrected chi connectivity index (χ1v) is 8.10. The normalized spacial score (nSPS) is 36.3. The van der Waals surface area contributed by atoms with Gasteiger partial charge in [-0.2, -0.15) is 0 Å². The van der Waals surface area contributed by atoms with Gasteiger partial charge in [0.1, 0.15) is 0 Å². The molecule has 2 fully saturated rings. The topological polar surface area (TPSA) is 38.5 Å². The maximum Gasteiger partial charge on any atom is 0.0753 e. The Morgan fingerprint density at radius 2 is 1.95 bits per heavy atom. The second-order valence-electron chi connectivity index (χ2n) is 7.19. The van der Waals surface area contributed by atoms with Crippen molar-refractivity contribution >= 4 is 0 Å². The van der Waals surface area contributed by atoms with E-state index < -0.39 is 0 Å². The summed E-state index contributed by atoms with van der Waals surface area (Å²) in [6, 6.07) is 0. The number of nitrogens with zero attached hydrogens (tertiary/aromatic N) is 1. The highest BCUT2D eigenvalue weighted by atomic mass is 16.5. The molecule has 0 atom stereocenters. The average Bonchev–Trinajstić information content (AvgIpc) is 2.39. The van der Waals surface area contributed by atoms with E-state index in [1.807, 2.05) is 0 Å². The Kier molecular flexibility index (Phi) is 4.91. The summed E-state index contributed by atoms with van der Waals surface area (Å²) >= 11 is 0. The van der Waals surface area contributed by atoms with Crippen LogP contribution in [0.5, 0.6) is 0 Å². The van der Waals surface area contributed by atoms with Crippen LogP contribution in [0.2, 0.25) is 0 Å². The highest BCUT2D eigenvalue weighted by Crippen LogP contribution is 2.39. The van der Waals surface area contributed by atoms with Crippen molar-refractivity contribution < 1.29 is 4.74 Å². The molecule has 0 unspecified atom stereocenters. The van der Waals surface area contributed by atoms with E-state index in [2.05, 4.69) is 25.7 Å². The van der Waals surface area contributed by atoms with Gasteiger partial charge in [0, 0.05) is 25.2 Å². The van der Waals surface area contributed by atoms with Gasteiger partial charge in [0.05, 0.1) is 12.2 Å². The minimum Gasteiger partial charge on any atom is -0.373 e. The van der Waals surface area contributed by atoms with Crippen LogP contribution in [-0.4, -0.2) is 42.3 Å². The van der Waals surface area contributed by atoms with Gasteiger partial charge >= 0.3 is 0 Å². The Morgan fingerprint density at radius 1 is 1.26 bits per heavy atom. The molecule has 3 heteroatoms. The molecule has 1 heterocycles. The van der Waals surface area contributed by atoms with E-state index in [-0.39, 0.29) is 11.1 Å². The molecule has 2 N–H and O–H groups in total. The standard InChI is InChI=1S/C16H32N2O/c1-4-5-14-6-8-16(12-17,9-7-14)18-10-11-19-15(2,3)13-18/h14H,4-13,17H2,1-3H3. The van der Waals surface area contributed by atoms with Crippen LogP contribution in [0.1, 0.15) is 59.3 Å². The summed E-state index contributed by atoms with van der Waals surface area (Å²) in [5, 5.41) is 0. The van der Waals surface area contributed by atoms with Crippen molar-refractivity contribution in [1.29, 1.82) is 0 Å². The minimum atomic E-state index is -0.0132. The molecule has 1 saturated heterocycles. The average molecular weight is 268 g/mol. The molecule has 3 nitrogen and oxygen atoms in total. The van der Waals surface area contributed by atoms with Crippen LogP contribution in [0.25, 0.3) is 0 Å². The van der Waals surface area contributed by atoms with Gasteiger partial charge in [-0.05, 0) is 45.4 Å². The van der Waals surface area contributed by atoms with Gasteiger partial charge in [-0.25, -0.2) is 0 Å². The zero-order valence-corrected chi connectivity index (χ0v) is 13.1. The summed E-state index contributed by atoms with van der Waals surface area (Å²) < 4.78 is 5.85. The molecule has 2 rings (SSSR count). The fourth-order valence-corrected chi connectivity index (χ4v) is 3.98. The highest BCUT2D eigenvalue weighted by Gasteiger charge is 2.42. The van der Waals surface area contributed by atoms with E-state index in [4.69, 9.17) is 10.5 Å². The van der Waals surface area contributed by atoms with Crippen LogP contribution in [0.15, 0.2) is 0 Å². The van der Waals surface area contributed by atoms with Crippen LogP contribution in [0.4, 0.5) is 0 Å². The molecule has 2 aliphatic rings. The third kappa shape index (κ3) is 3.50. The predicted molar refractivity (Wildman–Crippen MR) is 80.3 cm³/mol. The SMILES string of the molecule is CCCC1CCC(CN)(N2CCOC(C)(C)C2)CC1. The maximum absolute atomic E-state index is 6.19. The van der Waals surface area contributed by atoms with E-state index in [9.17, 15) is 0 Å². The molecule has 0 amide bonds. The largest absolute Gasteiger partial charge is 0.373 e. The molecule has 1 aliphatic heterocycles. The molecule has 19 heavy (non-hydrogen) atoms. The van der Waals surface area contributed by atoms with Crippen LogP contribution in [0.3, 0.4) is 0 Å². The predicted octanol–water partition coefficient (Wildman–Crippen LogP) is 2.79. The zero-order valence-electron chi connectivity index (χ0n) is 13.1. The number of hydrogen-bond donors (Lipinski definition) is 1. The van der Waals surface area contributed by atoms with Crippen molar-refractivity contribution in [2.45, 2.75) is 70.4 Å². The van der Waals surface area contributed by atoms with E-state index in [1.165, 1.54) is 38.5 Å². The fraction of sp³-hybridized carbons (Fsp3) is 1.00. The third-order valence-electron chi connectivity index (χ3n) is 5.21. The Balaban J connectivity index is 1.99. The molecule has 0 spiro atoms. The molecule has 0 aromatic rings. The Labute approximate surface area is 118 Å². The van der Waals surface area contributed by atoms with Crippen molar-refractivity contribution in [1.82, 2.24) is 4.90 Å². The summed E-state index contributed by atoms with van der Waals surface area (Å²) in [5.74, 6) is 0.943. The Morgan fingerprint density at radius 3 is 2.47 bits per heavy atom. The number of ether oxygens (including phenoxy) is 1. The van der Waals surface area contributed by atoms with Crippen molar-refractivity contribution in [3.8, 4) is 0 Å². The summed E-state index contributed by atoms with van der Waals surface area (Å²) in [5.41, 5.74) is 6.44. The molecule has 112 valence electrons. The lowest BCUT2D eigenvalue weighted by Crippen LogP contribution is -2.62. The van der Waals surface area contributed by atoms with E-state index in [1.54, 1.807) is 0 Å². The molecule has 1 saturated carbocycles. The van der Waals surface area contributed by atoms with E-state index >= 15 is 0 Å². The van der Waals surface area contributed by atoms with Crippen LogP contribution >= 0.6 is 0 Å². The van der Waals surface area contributed by atoms with Crippen LogP contribution in [0, 0.1) is 5.92 Å². The van der Waals surface area contributed by atoms with Crippen molar-refractivity contribution in [3.63, 3.8) is 0 Å². The van der Waals surface area contributed by atoms with E-state index in [0.717, 1.165) is 32.2 Å². The van der Waals surface area contributed by atoms with Gasteiger partial charge in [-0.15, -0.1) is 0 Å². The maximum atomic E-state index is 6.19. The highest BCUT2D eigenvalue weighted by molar-refractivity contribution is 4.98. The molecular weight excluding hydrogens is 236 g/mol. The first-order chi connectivity index (χ1) is 9.01. The Hall–Kier alpha value is -0.120. The third-order valence-corrected chi connectivity index (χ3v) is 5.21. The molecule has 0 bridgehead atoms. The van der Waals surface area contributed by atoms with Gasteiger partial charge in [-0.3, -0.25) is 4.90 Å². The first-order valence-electron chi connectivity index (χ1n) is 8.10. The lowest BCUT2D eigenvalue weighted by Gasteiger charge is -2.52. The summed E-state index contributed by atoms with van der Waals surface area (Å²) in [4.78, 5) is 2.64. The number of hydrogen-bond acceptors (Lipinski definition) is 3. The van der Waals surface area contributed by atoms with Crippen molar-refractivity contribution in [3.05, 3.63) is 0 Å². The van der Waals surface area contributed by atoms with Gasteiger partial charge in [0.2, 0.25) is 0 Å². The summed E-state index contributed by atoms with van der Waals surface area (Å²) in [6.07, 6.45) is 8.01. The summed E-state index contributed by atoms with van der Waals surface area (Å²) in [6.45, 7) is 10.4. The van der Waals surface area contributed by atoms with Gasteiger partial charge in [-0.1, -0.05) is 19.8 Å². The number of morpholine rings is 1. The number of nitrogens with two attached hydrogens (primary N) is 1. The van der Waals surface area contributed by atoms with Crippen molar-refractivity contribution in [2.24, 2.45) is 11.7 Å². The second-order valence-corrected chi connectivity index (χ2v) is 7.19. The molecule has 0 aromatic carbocycles. The molecule has 0 aromatic heterocycles. The lowest BCUT2D eigenvalue weighted by molar-refractivity contribution is -0.123. The smallest absolute Gasteiger partial charge is 0.0753 e. The lowest BCUT2D eigenvalue weighted by atomic mass is 9.73. The fourth-order valence-electron chi connectivity index (χ4n) is 3.98. The number of rotatable bonds is 4. The van der Waals surface area contributed by atoms with Gasteiger partial charge in [0.25, 0.3) is 0 Å². The molecule has 0 radical (unpaired) electrons. The monoisotopic (exact) mass is 268 g/mol. The Bertz CT molecular complexity index is 282. The van der Waals surface area contributed by atoms with E-state index in [0.29, 0.717) is 0 Å². The summed E-state index contributed by atoms with van der Waals surface area (Å²) in [7, 11) is 0. The van der Waals surface area contributed by atoms with Crippen LogP contribution in [-0.2, 0) is 4.74 Å². The minimum absolute atomic E-state index is 0.0132. The quantitative estimate of drug-likeness (QED) is 0.852. The second kappa shape index (κ2) is 6.11. The zero-order chi connectivity index (χ0) is 13.9.